The molecule has 1 N–H and O–H groups in total. The highest BCUT2D eigenvalue weighted by molar-refractivity contribution is 7.88. The number of carbonyl (C=O) groups is 1. The fourth-order valence-corrected chi connectivity index (χ4v) is 3.43. The number of hydrogen-bond acceptors (Lipinski definition) is 4. The van der Waals surface area contributed by atoms with E-state index in [-0.39, 0.29) is 19.0 Å². The van der Waals surface area contributed by atoms with Crippen LogP contribution in [0.25, 0.3) is 5.69 Å². The summed E-state index contributed by atoms with van der Waals surface area (Å²) in [5, 5.41) is 2.78. The second-order valence-electron chi connectivity index (χ2n) is 6.43. The first-order valence-electron chi connectivity index (χ1n) is 8.75. The van der Waals surface area contributed by atoms with Crippen molar-refractivity contribution in [2.45, 2.75) is 13.1 Å². The first-order valence-corrected chi connectivity index (χ1v) is 10.6. The molecule has 2 aromatic carbocycles. The lowest BCUT2D eigenvalue weighted by atomic mass is 10.2. The van der Waals surface area contributed by atoms with E-state index in [0.717, 1.165) is 23.1 Å². The van der Waals surface area contributed by atoms with Crippen molar-refractivity contribution in [3.8, 4) is 5.69 Å². The van der Waals surface area contributed by atoms with E-state index in [1.165, 1.54) is 4.31 Å². The fourth-order valence-electron chi connectivity index (χ4n) is 2.69. The number of rotatable bonds is 8. The summed E-state index contributed by atoms with van der Waals surface area (Å²) < 4.78 is 27.1. The van der Waals surface area contributed by atoms with Crippen LogP contribution in [0.3, 0.4) is 0 Å². The fraction of sp³-hybridized carbons (Fsp3) is 0.200. The Morgan fingerprint density at radius 2 is 1.79 bits per heavy atom. The lowest BCUT2D eigenvalue weighted by Crippen LogP contribution is -2.39. The van der Waals surface area contributed by atoms with E-state index in [1.807, 2.05) is 65.4 Å². The molecule has 3 aromatic rings. The third kappa shape index (κ3) is 5.51. The highest BCUT2D eigenvalue weighted by atomic mass is 32.2. The molecule has 0 spiro atoms. The van der Waals surface area contributed by atoms with Crippen molar-refractivity contribution in [3.05, 3.63) is 84.4 Å². The Balaban J connectivity index is 1.57. The summed E-state index contributed by atoms with van der Waals surface area (Å²) in [5.41, 5.74) is 2.72. The van der Waals surface area contributed by atoms with Crippen LogP contribution < -0.4 is 5.32 Å². The molecule has 0 aliphatic rings. The van der Waals surface area contributed by atoms with Crippen LogP contribution in [0.5, 0.6) is 0 Å². The molecule has 3 rings (SSSR count). The second kappa shape index (κ2) is 8.81. The average molecular weight is 398 g/mol. The van der Waals surface area contributed by atoms with Crippen LogP contribution >= 0.6 is 0 Å². The van der Waals surface area contributed by atoms with Crippen LogP contribution in [-0.4, -0.2) is 41.0 Å². The quantitative estimate of drug-likeness (QED) is 0.629. The van der Waals surface area contributed by atoms with Crippen LogP contribution in [0.4, 0.5) is 0 Å². The predicted octanol–water partition coefficient (Wildman–Crippen LogP) is 1.95. The van der Waals surface area contributed by atoms with Gasteiger partial charge >= 0.3 is 0 Å². The van der Waals surface area contributed by atoms with Crippen molar-refractivity contribution in [2.24, 2.45) is 0 Å². The van der Waals surface area contributed by atoms with Crippen molar-refractivity contribution in [1.29, 1.82) is 0 Å². The molecule has 0 bridgehead atoms. The lowest BCUT2D eigenvalue weighted by Gasteiger charge is -2.19. The van der Waals surface area contributed by atoms with E-state index in [0.29, 0.717) is 6.54 Å². The number of aromatic nitrogens is 2. The van der Waals surface area contributed by atoms with E-state index in [9.17, 15) is 13.2 Å². The molecule has 0 saturated heterocycles. The third-order valence-corrected chi connectivity index (χ3v) is 5.42. The molecular formula is C20H22N4O3S. The molecule has 1 aromatic heterocycles. The van der Waals surface area contributed by atoms with Gasteiger partial charge in [0.1, 0.15) is 0 Å². The molecule has 146 valence electrons. The molecule has 1 heterocycles. The molecule has 0 radical (unpaired) electrons. The van der Waals surface area contributed by atoms with Crippen LogP contribution in [0.15, 0.2) is 73.3 Å². The van der Waals surface area contributed by atoms with Gasteiger partial charge in [-0.15, -0.1) is 0 Å². The maximum absolute atomic E-state index is 12.3. The number of imidazole rings is 1. The van der Waals surface area contributed by atoms with Gasteiger partial charge in [0, 0.05) is 31.2 Å². The summed E-state index contributed by atoms with van der Waals surface area (Å²) in [7, 11) is -3.51. The Hall–Kier alpha value is -2.97. The summed E-state index contributed by atoms with van der Waals surface area (Å²) in [6, 6.07) is 16.9. The Kier molecular flexibility index (Phi) is 6.23. The van der Waals surface area contributed by atoms with Gasteiger partial charge < -0.3 is 9.88 Å². The largest absolute Gasteiger partial charge is 0.351 e. The predicted molar refractivity (Wildman–Crippen MR) is 107 cm³/mol. The number of nitrogens with zero attached hydrogens (tertiary/aromatic N) is 3. The maximum Gasteiger partial charge on any atom is 0.235 e. The lowest BCUT2D eigenvalue weighted by molar-refractivity contribution is -0.121. The number of amides is 1. The van der Waals surface area contributed by atoms with Gasteiger partial charge in [0.15, 0.2) is 0 Å². The molecule has 0 unspecified atom stereocenters. The zero-order valence-electron chi connectivity index (χ0n) is 15.5. The van der Waals surface area contributed by atoms with Crippen molar-refractivity contribution in [3.63, 3.8) is 0 Å². The molecular weight excluding hydrogens is 376 g/mol. The number of benzene rings is 2. The average Bonchev–Trinajstić information content (AvgIpc) is 3.21. The highest BCUT2D eigenvalue weighted by Gasteiger charge is 2.20. The Morgan fingerprint density at radius 3 is 2.39 bits per heavy atom. The minimum absolute atomic E-state index is 0.159. The summed E-state index contributed by atoms with van der Waals surface area (Å²) in [6.45, 7) is 0.263. The molecule has 0 fully saturated rings. The monoisotopic (exact) mass is 398 g/mol. The molecule has 0 saturated carbocycles. The van der Waals surface area contributed by atoms with Gasteiger partial charge in [-0.05, 0) is 23.3 Å². The van der Waals surface area contributed by atoms with Gasteiger partial charge in [-0.25, -0.2) is 13.4 Å². The van der Waals surface area contributed by atoms with E-state index in [1.54, 1.807) is 12.5 Å². The highest BCUT2D eigenvalue weighted by Crippen LogP contribution is 2.10. The molecule has 28 heavy (non-hydrogen) atoms. The molecule has 8 heteroatoms. The second-order valence-corrected chi connectivity index (χ2v) is 8.41. The first kappa shape index (κ1) is 19.8. The van der Waals surface area contributed by atoms with Gasteiger partial charge in [-0.2, -0.15) is 4.31 Å². The van der Waals surface area contributed by atoms with E-state index >= 15 is 0 Å². The smallest absolute Gasteiger partial charge is 0.235 e. The molecule has 0 aliphatic heterocycles. The number of hydrogen-bond donors (Lipinski definition) is 1. The van der Waals surface area contributed by atoms with Crippen molar-refractivity contribution in [1.82, 2.24) is 19.2 Å². The number of carbonyl (C=O) groups excluding carboxylic acids is 1. The van der Waals surface area contributed by atoms with Crippen molar-refractivity contribution >= 4 is 15.9 Å². The summed E-state index contributed by atoms with van der Waals surface area (Å²) >= 11 is 0. The molecule has 7 nitrogen and oxygen atoms in total. The maximum atomic E-state index is 12.3. The van der Waals surface area contributed by atoms with Gasteiger partial charge in [0.25, 0.3) is 0 Å². The SMILES string of the molecule is CS(=O)(=O)N(CC(=O)NCc1ccc(-n2ccnc2)cc1)Cc1ccccc1. The van der Waals surface area contributed by atoms with E-state index in [2.05, 4.69) is 10.3 Å². The molecule has 1 amide bonds. The van der Waals surface area contributed by atoms with Crippen LogP contribution in [0.1, 0.15) is 11.1 Å². The van der Waals surface area contributed by atoms with Gasteiger partial charge in [-0.3, -0.25) is 4.79 Å². The third-order valence-electron chi connectivity index (χ3n) is 4.22. The standard InChI is InChI=1S/C20H22N4O3S/c1-28(26,27)24(14-18-5-3-2-4-6-18)15-20(25)22-13-17-7-9-19(10-8-17)23-12-11-21-16-23/h2-12,16H,13-15H2,1H3,(H,22,25). The van der Waals surface area contributed by atoms with E-state index < -0.39 is 10.0 Å². The zero-order valence-corrected chi connectivity index (χ0v) is 16.3. The first-order chi connectivity index (χ1) is 13.4. The molecule has 0 atom stereocenters. The minimum Gasteiger partial charge on any atom is -0.351 e. The summed E-state index contributed by atoms with van der Waals surface area (Å²) in [5.74, 6) is -0.347. The van der Waals surface area contributed by atoms with Gasteiger partial charge in [-0.1, -0.05) is 42.5 Å². The Morgan fingerprint density at radius 1 is 1.07 bits per heavy atom. The summed E-state index contributed by atoms with van der Waals surface area (Å²) in [4.78, 5) is 16.3. The van der Waals surface area contributed by atoms with Crippen LogP contribution in [0.2, 0.25) is 0 Å². The number of sulfonamides is 1. The zero-order chi connectivity index (χ0) is 20.0. The van der Waals surface area contributed by atoms with Gasteiger partial charge in [0.05, 0.1) is 19.1 Å². The minimum atomic E-state index is -3.51. The Labute approximate surface area is 164 Å². The van der Waals surface area contributed by atoms with Crippen LogP contribution in [-0.2, 0) is 27.9 Å². The Bertz CT molecular complexity index is 1000. The van der Waals surface area contributed by atoms with Crippen molar-refractivity contribution < 1.29 is 13.2 Å². The van der Waals surface area contributed by atoms with Gasteiger partial charge in [0.2, 0.25) is 15.9 Å². The van der Waals surface area contributed by atoms with Crippen LogP contribution in [0, 0.1) is 0 Å². The van der Waals surface area contributed by atoms with E-state index in [4.69, 9.17) is 0 Å². The number of nitrogens with one attached hydrogen (secondary N) is 1. The molecule has 0 aliphatic carbocycles. The van der Waals surface area contributed by atoms with Crippen molar-refractivity contribution in [2.75, 3.05) is 12.8 Å². The normalized spacial score (nSPS) is 11.5. The topological polar surface area (TPSA) is 84.3 Å². The summed E-state index contributed by atoms with van der Waals surface area (Å²) in [6.07, 6.45) is 6.38.